The fourth-order valence-corrected chi connectivity index (χ4v) is 2.80. The van der Waals surface area contributed by atoms with Crippen LogP contribution in [0, 0.1) is 5.92 Å². The van der Waals surface area contributed by atoms with Crippen molar-refractivity contribution >= 4 is 46.9 Å². The summed E-state index contributed by atoms with van der Waals surface area (Å²) in [5, 5.41) is 5.59. The third-order valence-corrected chi connectivity index (χ3v) is 4.22. The van der Waals surface area contributed by atoms with Crippen LogP contribution in [0.5, 0.6) is 0 Å². The first-order valence-corrected chi connectivity index (χ1v) is 8.01. The van der Waals surface area contributed by atoms with Gasteiger partial charge >= 0.3 is 0 Å². The number of carbonyl (C=O) groups is 3. The van der Waals surface area contributed by atoms with Crippen LogP contribution in [-0.2, 0) is 16.1 Å². The first-order chi connectivity index (χ1) is 10.5. The molecule has 0 radical (unpaired) electrons. The van der Waals surface area contributed by atoms with Gasteiger partial charge in [-0.25, -0.2) is 0 Å². The predicted octanol–water partition coefficient (Wildman–Crippen LogP) is 2.10. The Balaban J connectivity index is 0.00000264. The highest BCUT2D eigenvalue weighted by Crippen LogP contribution is 2.21. The summed E-state index contributed by atoms with van der Waals surface area (Å²) in [4.78, 5) is 36.2. The maximum Gasteiger partial charge on any atom is 0.289 e. The van der Waals surface area contributed by atoms with Gasteiger partial charge in [0, 0.05) is 18.2 Å². The topological polar surface area (TPSA) is 78.5 Å². The molecule has 1 aliphatic rings. The third kappa shape index (κ3) is 5.23. The van der Waals surface area contributed by atoms with E-state index in [2.05, 4.69) is 10.6 Å². The van der Waals surface area contributed by atoms with Gasteiger partial charge in [0.05, 0.1) is 12.3 Å². The van der Waals surface area contributed by atoms with Gasteiger partial charge in [-0.2, -0.15) is 0 Å². The van der Waals surface area contributed by atoms with Crippen molar-refractivity contribution in [3.8, 4) is 0 Å². The van der Waals surface area contributed by atoms with Gasteiger partial charge in [-0.3, -0.25) is 19.3 Å². The zero-order valence-electron chi connectivity index (χ0n) is 13.0. The third-order valence-electron chi connectivity index (χ3n) is 3.36. The Kier molecular flexibility index (Phi) is 7.54. The van der Waals surface area contributed by atoms with E-state index in [9.17, 15) is 14.4 Å². The lowest BCUT2D eigenvalue weighted by Crippen LogP contribution is -2.29. The van der Waals surface area contributed by atoms with Crippen molar-refractivity contribution < 1.29 is 14.4 Å². The van der Waals surface area contributed by atoms with E-state index in [0.29, 0.717) is 12.2 Å². The van der Waals surface area contributed by atoms with Gasteiger partial charge < -0.3 is 10.6 Å². The van der Waals surface area contributed by atoms with Crippen molar-refractivity contribution in [2.45, 2.75) is 13.5 Å². The molecule has 1 unspecified atom stereocenters. The van der Waals surface area contributed by atoms with Crippen LogP contribution in [0.3, 0.4) is 0 Å². The van der Waals surface area contributed by atoms with Crippen molar-refractivity contribution in [1.29, 1.82) is 0 Å². The van der Waals surface area contributed by atoms with E-state index in [-0.39, 0.29) is 47.7 Å². The SMILES string of the molecule is CNCC(C)C(=O)Nc1ccc(CN2C(=O)CSC2=O)cc1.Cl. The summed E-state index contributed by atoms with van der Waals surface area (Å²) in [6.45, 7) is 2.73. The molecule has 2 rings (SSSR count). The Bertz CT molecular complexity index is 564. The average molecular weight is 358 g/mol. The lowest BCUT2D eigenvalue weighted by Gasteiger charge is -2.14. The summed E-state index contributed by atoms with van der Waals surface area (Å²) in [6.07, 6.45) is 0. The highest BCUT2D eigenvalue weighted by atomic mass is 35.5. The highest BCUT2D eigenvalue weighted by Gasteiger charge is 2.29. The molecule has 0 aliphatic carbocycles. The molecule has 8 heteroatoms. The van der Waals surface area contributed by atoms with E-state index in [4.69, 9.17) is 0 Å². The second kappa shape index (κ2) is 8.90. The standard InChI is InChI=1S/C15H19N3O3S.ClH/c1-10(7-16-2)14(20)17-12-5-3-11(4-6-12)8-18-13(19)9-22-15(18)21;/h3-6,10,16H,7-9H2,1-2H3,(H,17,20);1H. The molecular formula is C15H20ClN3O3S. The normalized spacial score (nSPS) is 15.3. The van der Waals surface area contributed by atoms with E-state index >= 15 is 0 Å². The van der Waals surface area contributed by atoms with Crippen molar-refractivity contribution in [3.63, 3.8) is 0 Å². The van der Waals surface area contributed by atoms with Gasteiger partial charge in [0.2, 0.25) is 11.8 Å². The van der Waals surface area contributed by atoms with E-state index in [0.717, 1.165) is 17.3 Å². The lowest BCUT2D eigenvalue weighted by molar-refractivity contribution is -0.125. The molecule has 0 bridgehead atoms. The Hall–Kier alpha value is -1.57. The molecule has 1 aromatic rings. The summed E-state index contributed by atoms with van der Waals surface area (Å²) < 4.78 is 0. The number of nitrogens with zero attached hydrogens (tertiary/aromatic N) is 1. The minimum absolute atomic E-state index is 0. The Labute approximate surface area is 145 Å². The minimum Gasteiger partial charge on any atom is -0.326 e. The van der Waals surface area contributed by atoms with Gasteiger partial charge in [-0.1, -0.05) is 30.8 Å². The van der Waals surface area contributed by atoms with E-state index in [1.807, 2.05) is 19.1 Å². The number of anilines is 1. The molecule has 1 fully saturated rings. The van der Waals surface area contributed by atoms with Crippen molar-refractivity contribution in [1.82, 2.24) is 10.2 Å². The molecule has 0 saturated carbocycles. The monoisotopic (exact) mass is 357 g/mol. The second-order valence-corrected chi connectivity index (χ2v) is 6.11. The van der Waals surface area contributed by atoms with Gasteiger partial charge in [-0.05, 0) is 24.7 Å². The fourth-order valence-electron chi connectivity index (χ4n) is 2.07. The van der Waals surface area contributed by atoms with Crippen LogP contribution in [0.25, 0.3) is 0 Å². The van der Waals surface area contributed by atoms with E-state index in [1.54, 1.807) is 19.2 Å². The first-order valence-electron chi connectivity index (χ1n) is 7.02. The largest absolute Gasteiger partial charge is 0.326 e. The van der Waals surface area contributed by atoms with Gasteiger partial charge in [0.1, 0.15) is 0 Å². The van der Waals surface area contributed by atoms with E-state index in [1.165, 1.54) is 4.90 Å². The van der Waals surface area contributed by atoms with Crippen molar-refractivity contribution in [2.24, 2.45) is 5.92 Å². The average Bonchev–Trinajstić information content (AvgIpc) is 2.81. The first kappa shape index (κ1) is 19.5. The van der Waals surface area contributed by atoms with Crippen LogP contribution in [0.1, 0.15) is 12.5 Å². The molecule has 126 valence electrons. The predicted molar refractivity (Wildman–Crippen MR) is 93.8 cm³/mol. The maximum absolute atomic E-state index is 11.9. The molecule has 1 aliphatic heterocycles. The number of rotatable bonds is 6. The number of thioether (sulfide) groups is 1. The summed E-state index contributed by atoms with van der Waals surface area (Å²) in [5.41, 5.74) is 1.55. The Morgan fingerprint density at radius 3 is 2.48 bits per heavy atom. The summed E-state index contributed by atoms with van der Waals surface area (Å²) in [5.74, 6) is -0.116. The summed E-state index contributed by atoms with van der Waals surface area (Å²) in [6, 6.07) is 7.17. The maximum atomic E-state index is 11.9. The number of halogens is 1. The van der Waals surface area contributed by atoms with Crippen LogP contribution in [-0.4, -0.2) is 41.3 Å². The number of imide groups is 1. The van der Waals surface area contributed by atoms with Crippen LogP contribution in [0.15, 0.2) is 24.3 Å². The Morgan fingerprint density at radius 2 is 1.96 bits per heavy atom. The number of amides is 3. The molecule has 0 spiro atoms. The number of nitrogens with one attached hydrogen (secondary N) is 2. The zero-order chi connectivity index (χ0) is 16.1. The van der Waals surface area contributed by atoms with Crippen LogP contribution in [0.2, 0.25) is 0 Å². The van der Waals surface area contributed by atoms with E-state index < -0.39 is 0 Å². The minimum atomic E-state index is -0.205. The lowest BCUT2D eigenvalue weighted by atomic mass is 10.1. The molecule has 1 aromatic carbocycles. The number of hydrogen-bond acceptors (Lipinski definition) is 5. The fraction of sp³-hybridized carbons (Fsp3) is 0.400. The van der Waals surface area contributed by atoms with Crippen LogP contribution < -0.4 is 10.6 Å². The van der Waals surface area contributed by atoms with Gasteiger partial charge in [-0.15, -0.1) is 12.4 Å². The van der Waals surface area contributed by atoms with Gasteiger partial charge in [0.25, 0.3) is 5.24 Å². The zero-order valence-corrected chi connectivity index (χ0v) is 14.6. The molecule has 2 N–H and O–H groups in total. The number of benzene rings is 1. The smallest absolute Gasteiger partial charge is 0.289 e. The summed E-state index contributed by atoms with van der Waals surface area (Å²) in [7, 11) is 1.80. The van der Waals surface area contributed by atoms with Crippen LogP contribution in [0.4, 0.5) is 10.5 Å². The quantitative estimate of drug-likeness (QED) is 0.815. The molecule has 1 atom stereocenters. The molecule has 23 heavy (non-hydrogen) atoms. The molecule has 1 heterocycles. The Morgan fingerprint density at radius 1 is 1.30 bits per heavy atom. The number of carbonyl (C=O) groups excluding carboxylic acids is 3. The molecule has 3 amide bonds. The molecule has 0 aromatic heterocycles. The molecule has 1 saturated heterocycles. The number of hydrogen-bond donors (Lipinski definition) is 2. The second-order valence-electron chi connectivity index (χ2n) is 5.18. The van der Waals surface area contributed by atoms with Crippen molar-refractivity contribution in [3.05, 3.63) is 29.8 Å². The van der Waals surface area contributed by atoms with Crippen LogP contribution >= 0.6 is 24.2 Å². The summed E-state index contributed by atoms with van der Waals surface area (Å²) >= 11 is 1.03. The van der Waals surface area contributed by atoms with Crippen molar-refractivity contribution in [2.75, 3.05) is 24.7 Å². The molecular weight excluding hydrogens is 338 g/mol. The molecule has 6 nitrogen and oxygen atoms in total. The highest BCUT2D eigenvalue weighted by molar-refractivity contribution is 8.14. The van der Waals surface area contributed by atoms with Gasteiger partial charge in [0.15, 0.2) is 0 Å².